The largest absolute Gasteiger partial charge is 0.492 e. The maximum Gasteiger partial charge on any atom is 0.238 e. The van der Waals surface area contributed by atoms with Gasteiger partial charge in [-0.15, -0.1) is 0 Å². The Morgan fingerprint density at radius 3 is 2.38 bits per heavy atom. The van der Waals surface area contributed by atoms with Crippen LogP contribution in [-0.4, -0.2) is 20.9 Å². The van der Waals surface area contributed by atoms with E-state index in [1.54, 1.807) is 31.2 Å². The highest BCUT2D eigenvalue weighted by molar-refractivity contribution is 7.89. The van der Waals surface area contributed by atoms with Crippen LogP contribution in [0.2, 0.25) is 0 Å². The number of carbonyl (C=O) groups is 1. The average molecular weight is 308 g/mol. The first-order chi connectivity index (χ1) is 9.80. The van der Waals surface area contributed by atoms with Crippen molar-refractivity contribution in [2.75, 3.05) is 6.61 Å². The van der Waals surface area contributed by atoms with Crippen LogP contribution in [0.5, 0.6) is 5.75 Å². The average Bonchev–Trinajstić information content (AvgIpc) is 2.42. The third-order valence-electron chi connectivity index (χ3n) is 3.13. The van der Waals surface area contributed by atoms with E-state index in [4.69, 9.17) is 15.6 Å². The van der Waals surface area contributed by atoms with Gasteiger partial charge in [-0.05, 0) is 12.1 Å². The molecule has 1 amide bonds. The molecule has 0 spiro atoms. The topological polar surface area (TPSA) is 112 Å². The summed E-state index contributed by atoms with van der Waals surface area (Å²) in [6.45, 7) is 1.78. The molecule has 0 aliphatic heterocycles. The van der Waals surface area contributed by atoms with Gasteiger partial charge >= 0.3 is 0 Å². The summed E-state index contributed by atoms with van der Waals surface area (Å²) in [6.07, 6.45) is 0. The van der Waals surface area contributed by atoms with Crippen molar-refractivity contribution in [3.05, 3.63) is 36.4 Å². The fraction of sp³-hybridized carbons (Fsp3) is 0.214. The molecule has 4 N–H and O–H groups in total. The molecule has 2 rings (SSSR count). The van der Waals surface area contributed by atoms with E-state index >= 15 is 0 Å². The molecule has 1 atom stereocenters. The van der Waals surface area contributed by atoms with Gasteiger partial charge < -0.3 is 10.5 Å². The lowest BCUT2D eigenvalue weighted by molar-refractivity contribution is -0.122. The summed E-state index contributed by atoms with van der Waals surface area (Å²) in [4.78, 5) is 11.1. The summed E-state index contributed by atoms with van der Waals surface area (Å²) >= 11 is 0. The number of primary amides is 1. The van der Waals surface area contributed by atoms with Gasteiger partial charge in [0.25, 0.3) is 0 Å². The van der Waals surface area contributed by atoms with E-state index in [0.29, 0.717) is 16.5 Å². The smallest absolute Gasteiger partial charge is 0.238 e. The number of carbonyl (C=O) groups excluding carboxylic acids is 1. The third-order valence-corrected chi connectivity index (χ3v) is 4.09. The number of sulfonamides is 1. The van der Waals surface area contributed by atoms with Gasteiger partial charge in [0, 0.05) is 10.8 Å². The zero-order valence-corrected chi connectivity index (χ0v) is 12.3. The highest BCUT2D eigenvalue weighted by Crippen LogP contribution is 2.30. The van der Waals surface area contributed by atoms with Gasteiger partial charge in [-0.2, -0.15) is 0 Å². The summed E-state index contributed by atoms with van der Waals surface area (Å²) in [5, 5.41) is 6.29. The first kappa shape index (κ1) is 15.3. The summed E-state index contributed by atoms with van der Waals surface area (Å²) in [5.41, 5.74) is 5.18. The standard InChI is InChI=1S/C14H16N2O4S/c1-9(14(15)17)8-20-12-6-7-13(21(16,18)19)11-5-3-2-4-10(11)12/h2-7,9H,8H2,1H3,(H2,15,17)(H2,16,18,19). The Labute approximate surface area is 122 Å². The molecule has 0 radical (unpaired) electrons. The number of hydrogen-bond acceptors (Lipinski definition) is 4. The Balaban J connectivity index is 2.46. The second-order valence-electron chi connectivity index (χ2n) is 4.77. The van der Waals surface area contributed by atoms with Crippen molar-refractivity contribution in [1.82, 2.24) is 0 Å². The molecule has 0 aliphatic carbocycles. The molecule has 0 heterocycles. The van der Waals surface area contributed by atoms with E-state index in [1.807, 2.05) is 0 Å². The lowest BCUT2D eigenvalue weighted by Crippen LogP contribution is -2.25. The molecule has 21 heavy (non-hydrogen) atoms. The number of nitrogens with two attached hydrogens (primary N) is 2. The molecule has 0 bridgehead atoms. The molecule has 7 heteroatoms. The maximum absolute atomic E-state index is 11.6. The van der Waals surface area contributed by atoms with E-state index in [-0.39, 0.29) is 11.5 Å². The van der Waals surface area contributed by atoms with E-state index < -0.39 is 21.8 Å². The number of ether oxygens (including phenoxy) is 1. The number of fused-ring (bicyclic) bond motifs is 1. The minimum Gasteiger partial charge on any atom is -0.492 e. The van der Waals surface area contributed by atoms with Crippen molar-refractivity contribution in [3.63, 3.8) is 0 Å². The molecule has 2 aromatic carbocycles. The molecule has 0 saturated heterocycles. The van der Waals surface area contributed by atoms with Crippen molar-refractivity contribution in [2.24, 2.45) is 16.8 Å². The quantitative estimate of drug-likeness (QED) is 0.857. The van der Waals surface area contributed by atoms with E-state index in [2.05, 4.69) is 0 Å². The minimum atomic E-state index is -3.82. The van der Waals surface area contributed by atoms with Crippen LogP contribution in [0.15, 0.2) is 41.3 Å². The Morgan fingerprint density at radius 1 is 1.19 bits per heavy atom. The highest BCUT2D eigenvalue weighted by Gasteiger charge is 2.16. The minimum absolute atomic E-state index is 0.0356. The van der Waals surface area contributed by atoms with Gasteiger partial charge in [0.15, 0.2) is 0 Å². The number of hydrogen-bond donors (Lipinski definition) is 2. The SMILES string of the molecule is CC(COc1ccc(S(N)(=O)=O)c2ccccc12)C(N)=O. The first-order valence-electron chi connectivity index (χ1n) is 6.27. The van der Waals surface area contributed by atoms with Gasteiger partial charge in [-0.25, -0.2) is 13.6 Å². The zero-order valence-electron chi connectivity index (χ0n) is 11.4. The molecule has 0 saturated carbocycles. The summed E-state index contributed by atoms with van der Waals surface area (Å²) < 4.78 is 28.8. The van der Waals surface area contributed by atoms with Crippen LogP contribution in [-0.2, 0) is 14.8 Å². The third kappa shape index (κ3) is 3.32. The van der Waals surface area contributed by atoms with Crippen molar-refractivity contribution in [2.45, 2.75) is 11.8 Å². The predicted octanol–water partition coefficient (Wildman–Crippen LogP) is 0.987. The fourth-order valence-corrected chi connectivity index (χ4v) is 2.66. The van der Waals surface area contributed by atoms with Crippen LogP contribution < -0.4 is 15.6 Å². The summed E-state index contributed by atoms with van der Waals surface area (Å²) in [5.74, 6) is -0.423. The van der Waals surface area contributed by atoms with Gasteiger partial charge in [-0.1, -0.05) is 31.2 Å². The van der Waals surface area contributed by atoms with Crippen LogP contribution in [0, 0.1) is 5.92 Å². The number of benzene rings is 2. The molecular formula is C14H16N2O4S. The van der Waals surface area contributed by atoms with Crippen LogP contribution >= 0.6 is 0 Å². The highest BCUT2D eigenvalue weighted by atomic mass is 32.2. The lowest BCUT2D eigenvalue weighted by atomic mass is 10.1. The molecule has 112 valence electrons. The monoisotopic (exact) mass is 308 g/mol. The van der Waals surface area contributed by atoms with Crippen molar-refractivity contribution >= 4 is 26.7 Å². The zero-order chi connectivity index (χ0) is 15.6. The van der Waals surface area contributed by atoms with Crippen molar-refractivity contribution in [3.8, 4) is 5.75 Å². The Kier molecular flexibility index (Phi) is 4.15. The van der Waals surface area contributed by atoms with Crippen LogP contribution in [0.1, 0.15) is 6.92 Å². The van der Waals surface area contributed by atoms with E-state index in [1.165, 1.54) is 12.1 Å². The van der Waals surface area contributed by atoms with Gasteiger partial charge in [-0.3, -0.25) is 4.79 Å². The Hall–Kier alpha value is -2.12. The number of rotatable bonds is 5. The maximum atomic E-state index is 11.6. The molecule has 6 nitrogen and oxygen atoms in total. The molecule has 0 aromatic heterocycles. The van der Waals surface area contributed by atoms with Crippen LogP contribution in [0.3, 0.4) is 0 Å². The second-order valence-corrected chi connectivity index (χ2v) is 6.30. The van der Waals surface area contributed by atoms with E-state index in [9.17, 15) is 13.2 Å². The summed E-state index contributed by atoms with van der Waals surface area (Å²) in [6, 6.07) is 9.78. The summed E-state index contributed by atoms with van der Waals surface area (Å²) in [7, 11) is -3.82. The predicted molar refractivity (Wildman–Crippen MR) is 79.2 cm³/mol. The normalized spacial score (nSPS) is 13.0. The molecular weight excluding hydrogens is 292 g/mol. The van der Waals surface area contributed by atoms with Gasteiger partial charge in [0.05, 0.1) is 17.4 Å². The number of amides is 1. The Morgan fingerprint density at radius 2 is 1.81 bits per heavy atom. The second kappa shape index (κ2) is 5.71. The van der Waals surface area contributed by atoms with Gasteiger partial charge in [0.1, 0.15) is 5.75 Å². The molecule has 0 aliphatic rings. The van der Waals surface area contributed by atoms with Crippen molar-refractivity contribution < 1.29 is 17.9 Å². The van der Waals surface area contributed by atoms with Crippen LogP contribution in [0.25, 0.3) is 10.8 Å². The Bertz CT molecular complexity index is 787. The fourth-order valence-electron chi connectivity index (χ4n) is 1.91. The van der Waals surface area contributed by atoms with Crippen LogP contribution in [0.4, 0.5) is 0 Å². The van der Waals surface area contributed by atoms with Gasteiger partial charge in [0.2, 0.25) is 15.9 Å². The molecule has 0 fully saturated rings. The molecule has 2 aromatic rings. The first-order valence-corrected chi connectivity index (χ1v) is 7.82. The van der Waals surface area contributed by atoms with Crippen molar-refractivity contribution in [1.29, 1.82) is 0 Å². The number of primary sulfonamides is 1. The van der Waals surface area contributed by atoms with E-state index in [0.717, 1.165) is 0 Å². The molecule has 1 unspecified atom stereocenters. The lowest BCUT2D eigenvalue weighted by Gasteiger charge is -2.13.